The van der Waals surface area contributed by atoms with Crippen LogP contribution in [0.25, 0.3) is 0 Å². The summed E-state index contributed by atoms with van der Waals surface area (Å²) in [7, 11) is 0. The largest absolute Gasteiger partial charge is 0.489 e. The minimum absolute atomic E-state index is 0.0710. The number of benzene rings is 2. The SMILES string of the molecule is O=c1[nH]c(=O)n(COC(CO)CN2CCOCC2)cc1Cc1cccc(OCc2ccccc2)c1. The number of aliphatic hydroxyl groups is 1. The van der Waals surface area contributed by atoms with E-state index in [0.717, 1.165) is 24.2 Å². The molecule has 1 saturated heterocycles. The van der Waals surface area contributed by atoms with Gasteiger partial charge in [0.15, 0.2) is 0 Å². The van der Waals surface area contributed by atoms with E-state index in [1.54, 1.807) is 0 Å². The molecule has 9 nitrogen and oxygen atoms in total. The Morgan fingerprint density at radius 1 is 1.03 bits per heavy atom. The molecule has 35 heavy (non-hydrogen) atoms. The van der Waals surface area contributed by atoms with Crippen LogP contribution in [0.1, 0.15) is 16.7 Å². The molecule has 1 unspecified atom stereocenters. The molecule has 1 aromatic heterocycles. The van der Waals surface area contributed by atoms with E-state index in [1.807, 2.05) is 54.6 Å². The lowest BCUT2D eigenvalue weighted by atomic mass is 10.1. The van der Waals surface area contributed by atoms with Crippen LogP contribution < -0.4 is 16.0 Å². The molecule has 2 N–H and O–H groups in total. The molecule has 2 aromatic carbocycles. The Kier molecular flexibility index (Phi) is 8.85. The van der Waals surface area contributed by atoms with Crippen LogP contribution in [0.3, 0.4) is 0 Å². The fourth-order valence-corrected chi connectivity index (χ4v) is 3.90. The van der Waals surface area contributed by atoms with Crippen LogP contribution in [0.15, 0.2) is 70.4 Å². The third-order valence-electron chi connectivity index (χ3n) is 5.84. The smallest absolute Gasteiger partial charge is 0.330 e. The molecule has 0 aliphatic carbocycles. The van der Waals surface area contributed by atoms with Crippen molar-refractivity contribution in [2.24, 2.45) is 0 Å². The topological polar surface area (TPSA) is 106 Å². The Balaban J connectivity index is 1.39. The molecule has 1 atom stereocenters. The van der Waals surface area contributed by atoms with Crippen molar-refractivity contribution in [1.29, 1.82) is 0 Å². The summed E-state index contributed by atoms with van der Waals surface area (Å²) in [5.41, 5.74) is 1.39. The van der Waals surface area contributed by atoms with Crippen LogP contribution in [0.5, 0.6) is 5.75 Å². The minimum atomic E-state index is -0.554. The first-order valence-electron chi connectivity index (χ1n) is 11.7. The number of aromatic nitrogens is 2. The molecule has 186 valence electrons. The van der Waals surface area contributed by atoms with Gasteiger partial charge in [0.05, 0.1) is 25.9 Å². The van der Waals surface area contributed by atoms with E-state index < -0.39 is 17.4 Å². The molecule has 1 fully saturated rings. The maximum Gasteiger partial charge on any atom is 0.330 e. The van der Waals surface area contributed by atoms with Gasteiger partial charge in [0.25, 0.3) is 5.56 Å². The summed E-state index contributed by atoms with van der Waals surface area (Å²) in [6.07, 6.45) is 1.39. The Morgan fingerprint density at radius 3 is 2.57 bits per heavy atom. The Morgan fingerprint density at radius 2 is 1.80 bits per heavy atom. The van der Waals surface area contributed by atoms with Crippen molar-refractivity contribution in [1.82, 2.24) is 14.5 Å². The number of ether oxygens (including phenoxy) is 3. The highest BCUT2D eigenvalue weighted by atomic mass is 16.5. The summed E-state index contributed by atoms with van der Waals surface area (Å²) in [5, 5.41) is 9.70. The molecule has 1 aliphatic heterocycles. The Hall–Kier alpha value is -3.24. The van der Waals surface area contributed by atoms with Crippen LogP contribution in [0.2, 0.25) is 0 Å². The molecular weight excluding hydrogens is 450 g/mol. The van der Waals surface area contributed by atoms with Crippen molar-refractivity contribution in [2.75, 3.05) is 39.5 Å². The van der Waals surface area contributed by atoms with E-state index in [1.165, 1.54) is 10.8 Å². The Labute approximate surface area is 203 Å². The van der Waals surface area contributed by atoms with Gasteiger partial charge in [-0.05, 0) is 23.3 Å². The number of morpholine rings is 1. The van der Waals surface area contributed by atoms with Gasteiger partial charge in [0.1, 0.15) is 19.1 Å². The highest BCUT2D eigenvalue weighted by Gasteiger charge is 2.17. The lowest BCUT2D eigenvalue weighted by Crippen LogP contribution is -2.43. The first kappa shape index (κ1) is 24.9. The fourth-order valence-electron chi connectivity index (χ4n) is 3.90. The maximum absolute atomic E-state index is 12.4. The molecule has 0 radical (unpaired) electrons. The molecule has 1 aliphatic rings. The number of nitrogens with zero attached hydrogens (tertiary/aromatic N) is 2. The predicted octanol–water partition coefficient (Wildman–Crippen LogP) is 1.37. The van der Waals surface area contributed by atoms with Gasteiger partial charge in [0, 0.05) is 37.8 Å². The summed E-state index contributed by atoms with van der Waals surface area (Å²) in [5.74, 6) is 0.702. The van der Waals surface area contributed by atoms with Crippen LogP contribution in [-0.4, -0.2) is 65.1 Å². The highest BCUT2D eigenvalue weighted by molar-refractivity contribution is 5.32. The number of H-pyrrole nitrogens is 1. The summed E-state index contributed by atoms with van der Waals surface area (Å²) >= 11 is 0. The van der Waals surface area contributed by atoms with Gasteiger partial charge in [-0.1, -0.05) is 42.5 Å². The van der Waals surface area contributed by atoms with Gasteiger partial charge < -0.3 is 19.3 Å². The summed E-state index contributed by atoms with van der Waals surface area (Å²) in [6, 6.07) is 17.4. The predicted molar refractivity (Wildman–Crippen MR) is 131 cm³/mol. The molecule has 0 amide bonds. The van der Waals surface area contributed by atoms with E-state index in [0.29, 0.717) is 44.1 Å². The molecule has 9 heteroatoms. The van der Waals surface area contributed by atoms with Gasteiger partial charge in [-0.2, -0.15) is 0 Å². The van der Waals surface area contributed by atoms with E-state index >= 15 is 0 Å². The zero-order valence-electron chi connectivity index (χ0n) is 19.6. The average molecular weight is 482 g/mol. The van der Waals surface area contributed by atoms with Gasteiger partial charge in [-0.15, -0.1) is 0 Å². The zero-order chi connectivity index (χ0) is 24.5. The fraction of sp³-hybridized carbons (Fsp3) is 0.385. The third-order valence-corrected chi connectivity index (χ3v) is 5.84. The normalized spacial score (nSPS) is 15.1. The number of hydrogen-bond donors (Lipinski definition) is 2. The van der Waals surface area contributed by atoms with Crippen molar-refractivity contribution in [3.05, 3.63) is 98.3 Å². The van der Waals surface area contributed by atoms with Crippen molar-refractivity contribution in [3.8, 4) is 5.75 Å². The molecular formula is C26H31N3O6. The first-order valence-corrected chi connectivity index (χ1v) is 11.7. The lowest BCUT2D eigenvalue weighted by molar-refractivity contribution is -0.0560. The second-order valence-corrected chi connectivity index (χ2v) is 8.50. The number of aliphatic hydroxyl groups excluding tert-OH is 1. The lowest BCUT2D eigenvalue weighted by Gasteiger charge is -2.29. The quantitative estimate of drug-likeness (QED) is 0.426. The van der Waals surface area contributed by atoms with Crippen molar-refractivity contribution >= 4 is 0 Å². The Bertz CT molecular complexity index is 1190. The van der Waals surface area contributed by atoms with Gasteiger partial charge in [-0.25, -0.2) is 4.79 Å². The first-order chi connectivity index (χ1) is 17.1. The van der Waals surface area contributed by atoms with Gasteiger partial charge >= 0.3 is 5.69 Å². The maximum atomic E-state index is 12.4. The van der Waals surface area contributed by atoms with Crippen LogP contribution >= 0.6 is 0 Å². The van der Waals surface area contributed by atoms with E-state index in [4.69, 9.17) is 14.2 Å². The molecule has 0 spiro atoms. The minimum Gasteiger partial charge on any atom is -0.489 e. The van der Waals surface area contributed by atoms with E-state index in [2.05, 4.69) is 9.88 Å². The molecule has 0 saturated carbocycles. The number of hydrogen-bond acceptors (Lipinski definition) is 7. The zero-order valence-corrected chi connectivity index (χ0v) is 19.6. The van der Waals surface area contributed by atoms with Crippen LogP contribution in [-0.2, 0) is 29.2 Å². The standard InChI is InChI=1S/C26H31N3O6/c30-17-24(16-28-9-11-33-12-10-28)35-19-29-15-22(25(31)27-26(29)32)13-21-7-4-8-23(14-21)34-18-20-5-2-1-3-6-20/h1-8,14-15,24,30H,9-13,16-19H2,(H,27,31,32). The summed E-state index contributed by atoms with van der Waals surface area (Å²) < 4.78 is 18.3. The number of rotatable bonds is 11. The molecule has 0 bridgehead atoms. The van der Waals surface area contributed by atoms with Crippen molar-refractivity contribution in [3.63, 3.8) is 0 Å². The van der Waals surface area contributed by atoms with E-state index in [-0.39, 0.29) is 13.3 Å². The molecule has 3 aromatic rings. The van der Waals surface area contributed by atoms with Crippen molar-refractivity contribution < 1.29 is 19.3 Å². The van der Waals surface area contributed by atoms with E-state index in [9.17, 15) is 14.7 Å². The average Bonchev–Trinajstić information content (AvgIpc) is 2.89. The summed E-state index contributed by atoms with van der Waals surface area (Å²) in [6.45, 7) is 3.60. The van der Waals surface area contributed by atoms with Crippen LogP contribution in [0, 0.1) is 0 Å². The van der Waals surface area contributed by atoms with Crippen LogP contribution in [0.4, 0.5) is 0 Å². The van der Waals surface area contributed by atoms with Gasteiger partial charge in [0.2, 0.25) is 0 Å². The number of nitrogens with one attached hydrogen (secondary N) is 1. The van der Waals surface area contributed by atoms with Gasteiger partial charge in [-0.3, -0.25) is 19.2 Å². The third kappa shape index (κ3) is 7.37. The molecule has 2 heterocycles. The molecule has 4 rings (SSSR count). The second-order valence-electron chi connectivity index (χ2n) is 8.50. The highest BCUT2D eigenvalue weighted by Crippen LogP contribution is 2.17. The monoisotopic (exact) mass is 481 g/mol. The second kappa shape index (κ2) is 12.5. The summed E-state index contributed by atoms with van der Waals surface area (Å²) in [4.78, 5) is 29.3. The number of aromatic amines is 1. The van der Waals surface area contributed by atoms with Crippen molar-refractivity contribution in [2.45, 2.75) is 25.9 Å².